The maximum Gasteiger partial charge on any atom is 0.243 e. The molecule has 0 aliphatic heterocycles. The molecule has 1 unspecified atom stereocenters. The van der Waals surface area contributed by atoms with E-state index in [0.717, 1.165) is 11.6 Å². The van der Waals surface area contributed by atoms with Crippen molar-refractivity contribution in [2.75, 3.05) is 0 Å². The number of hydrogen-bond acceptors (Lipinski definition) is 3. The Balaban J connectivity index is 2.11. The summed E-state index contributed by atoms with van der Waals surface area (Å²) in [4.78, 5) is 0.0790. The third-order valence-electron chi connectivity index (χ3n) is 4.85. The Morgan fingerprint density at radius 3 is 2.30 bits per heavy atom. The topological polar surface area (TPSA) is 61.2 Å². The molecule has 0 fully saturated rings. The molecule has 0 bridgehead atoms. The molecule has 0 aliphatic carbocycles. The first kappa shape index (κ1) is 22.0. The van der Waals surface area contributed by atoms with Crippen molar-refractivity contribution in [3.63, 3.8) is 0 Å². The normalized spacial score (nSPS) is 12.5. The van der Waals surface area contributed by atoms with Gasteiger partial charge in [-0.3, -0.25) is 0 Å². The van der Waals surface area contributed by atoms with Crippen LogP contribution < -0.4 is 0 Å². The SMILES string of the molecule is CCC(c1ccccc1)N(Cc1ccc(C#N)cc1F)S(=O)(=O)c1ccc(Cl)cc1. The van der Waals surface area contributed by atoms with Crippen LogP contribution in [0.2, 0.25) is 5.02 Å². The first-order valence-electron chi connectivity index (χ1n) is 9.37. The quantitative estimate of drug-likeness (QED) is 0.472. The number of nitrogens with zero attached hydrogens (tertiary/aromatic N) is 2. The predicted octanol–water partition coefficient (Wildman–Crippen LogP) is 5.69. The summed E-state index contributed by atoms with van der Waals surface area (Å²) in [5.41, 5.74) is 1.19. The summed E-state index contributed by atoms with van der Waals surface area (Å²) in [6.07, 6.45) is 0.495. The molecule has 154 valence electrons. The molecule has 3 aromatic rings. The van der Waals surface area contributed by atoms with Gasteiger partial charge in [-0.1, -0.05) is 54.9 Å². The lowest BCUT2D eigenvalue weighted by Crippen LogP contribution is -2.34. The van der Waals surface area contributed by atoms with Crippen molar-refractivity contribution in [2.45, 2.75) is 30.8 Å². The molecule has 1 atom stereocenters. The highest BCUT2D eigenvalue weighted by molar-refractivity contribution is 7.89. The molecule has 0 aromatic heterocycles. The first-order chi connectivity index (χ1) is 14.4. The van der Waals surface area contributed by atoms with Crippen molar-refractivity contribution < 1.29 is 12.8 Å². The standard InChI is InChI=1S/C23H20ClFN2O2S/c1-2-23(18-6-4-3-5-7-18)27(16-19-9-8-17(15-26)14-22(19)25)30(28,29)21-12-10-20(24)11-13-21/h3-14,23H,2,16H2,1H3. The van der Waals surface area contributed by atoms with Gasteiger partial charge < -0.3 is 0 Å². The largest absolute Gasteiger partial charge is 0.243 e. The van der Waals surface area contributed by atoms with E-state index in [0.29, 0.717) is 11.4 Å². The molecule has 0 spiro atoms. The van der Waals surface area contributed by atoms with E-state index in [-0.39, 0.29) is 22.6 Å². The lowest BCUT2D eigenvalue weighted by atomic mass is 10.0. The number of nitriles is 1. The molecule has 3 rings (SSSR count). The van der Waals surface area contributed by atoms with Gasteiger partial charge in [0.2, 0.25) is 10.0 Å². The highest BCUT2D eigenvalue weighted by Crippen LogP contribution is 2.33. The highest BCUT2D eigenvalue weighted by atomic mass is 35.5. The first-order valence-corrected chi connectivity index (χ1v) is 11.2. The number of halogens is 2. The van der Waals surface area contributed by atoms with Crippen LogP contribution in [0.5, 0.6) is 0 Å². The summed E-state index contributed by atoms with van der Waals surface area (Å²) in [5, 5.41) is 9.40. The van der Waals surface area contributed by atoms with Crippen LogP contribution in [-0.4, -0.2) is 12.7 Å². The van der Waals surface area contributed by atoms with E-state index in [1.54, 1.807) is 0 Å². The van der Waals surface area contributed by atoms with Gasteiger partial charge in [-0.05, 0) is 48.4 Å². The summed E-state index contributed by atoms with van der Waals surface area (Å²) >= 11 is 5.92. The Labute approximate surface area is 181 Å². The Bertz CT molecular complexity index is 1160. The summed E-state index contributed by atoms with van der Waals surface area (Å²) in [6, 6.07) is 20.6. The molecule has 4 nitrogen and oxygen atoms in total. The van der Waals surface area contributed by atoms with Crippen molar-refractivity contribution in [3.05, 3.63) is 100 Å². The predicted molar refractivity (Wildman–Crippen MR) is 115 cm³/mol. The molecule has 0 amide bonds. The molecule has 7 heteroatoms. The fourth-order valence-corrected chi connectivity index (χ4v) is 5.09. The van der Waals surface area contributed by atoms with Gasteiger partial charge in [0.05, 0.1) is 22.6 Å². The molecule has 0 heterocycles. The van der Waals surface area contributed by atoms with E-state index in [9.17, 15) is 12.8 Å². The van der Waals surface area contributed by atoms with Crippen molar-refractivity contribution in [3.8, 4) is 6.07 Å². The average Bonchev–Trinajstić information content (AvgIpc) is 2.75. The fraction of sp³-hybridized carbons (Fsp3) is 0.174. The van der Waals surface area contributed by atoms with Gasteiger partial charge in [-0.2, -0.15) is 9.57 Å². The van der Waals surface area contributed by atoms with Crippen LogP contribution in [0.15, 0.2) is 77.7 Å². The van der Waals surface area contributed by atoms with Gasteiger partial charge in [-0.15, -0.1) is 0 Å². The monoisotopic (exact) mass is 442 g/mol. The maximum atomic E-state index is 14.6. The summed E-state index contributed by atoms with van der Waals surface area (Å²) in [6.45, 7) is 1.72. The summed E-state index contributed by atoms with van der Waals surface area (Å²) < 4.78 is 43.1. The molecule has 0 saturated carbocycles. The molecule has 30 heavy (non-hydrogen) atoms. The van der Waals surface area contributed by atoms with Gasteiger partial charge >= 0.3 is 0 Å². The molecule has 3 aromatic carbocycles. The number of rotatable bonds is 7. The fourth-order valence-electron chi connectivity index (χ4n) is 3.30. The van der Waals surface area contributed by atoms with E-state index in [4.69, 9.17) is 16.9 Å². The zero-order valence-corrected chi connectivity index (χ0v) is 17.9. The molecule has 0 N–H and O–H groups in total. The smallest absolute Gasteiger partial charge is 0.207 e. The minimum absolute atomic E-state index is 0.0790. The van der Waals surface area contributed by atoms with E-state index in [2.05, 4.69) is 0 Å². The second-order valence-electron chi connectivity index (χ2n) is 6.76. The van der Waals surface area contributed by atoms with Crippen LogP contribution in [0.1, 0.15) is 36.1 Å². The minimum atomic E-state index is -3.96. The minimum Gasteiger partial charge on any atom is -0.207 e. The summed E-state index contributed by atoms with van der Waals surface area (Å²) in [7, 11) is -3.96. The van der Waals surface area contributed by atoms with Crippen LogP contribution in [-0.2, 0) is 16.6 Å². The van der Waals surface area contributed by atoms with E-state index >= 15 is 0 Å². The maximum absolute atomic E-state index is 14.6. The Morgan fingerprint density at radius 1 is 1.07 bits per heavy atom. The number of hydrogen-bond donors (Lipinski definition) is 0. The van der Waals surface area contributed by atoms with E-state index in [1.165, 1.54) is 40.7 Å². The van der Waals surface area contributed by atoms with Gasteiger partial charge in [-0.25, -0.2) is 12.8 Å². The third-order valence-corrected chi connectivity index (χ3v) is 6.97. The lowest BCUT2D eigenvalue weighted by molar-refractivity contribution is 0.306. The van der Waals surface area contributed by atoms with Crippen LogP contribution in [0, 0.1) is 17.1 Å². The number of benzene rings is 3. The van der Waals surface area contributed by atoms with Gasteiger partial charge in [0, 0.05) is 17.1 Å². The van der Waals surface area contributed by atoms with Gasteiger partial charge in [0.15, 0.2) is 0 Å². The van der Waals surface area contributed by atoms with Crippen LogP contribution in [0.4, 0.5) is 4.39 Å². The lowest BCUT2D eigenvalue weighted by Gasteiger charge is -2.31. The Morgan fingerprint density at radius 2 is 1.73 bits per heavy atom. The Kier molecular flexibility index (Phi) is 6.88. The zero-order chi connectivity index (χ0) is 21.7. The molecule has 0 saturated heterocycles. The molecular weight excluding hydrogens is 423 g/mol. The molecule has 0 aliphatic rings. The molecule has 0 radical (unpaired) electrons. The van der Waals surface area contributed by atoms with Crippen LogP contribution >= 0.6 is 11.6 Å². The molecular formula is C23H20ClFN2O2S. The number of sulfonamides is 1. The van der Waals surface area contributed by atoms with Crippen LogP contribution in [0.3, 0.4) is 0 Å². The second-order valence-corrected chi connectivity index (χ2v) is 9.08. The van der Waals surface area contributed by atoms with Crippen molar-refractivity contribution in [1.29, 1.82) is 5.26 Å². The Hall–Kier alpha value is -2.72. The van der Waals surface area contributed by atoms with Crippen molar-refractivity contribution in [2.24, 2.45) is 0 Å². The zero-order valence-electron chi connectivity index (χ0n) is 16.3. The third kappa shape index (κ3) is 4.71. The van der Waals surface area contributed by atoms with Crippen LogP contribution in [0.25, 0.3) is 0 Å². The van der Waals surface area contributed by atoms with Gasteiger partial charge in [0.25, 0.3) is 0 Å². The van der Waals surface area contributed by atoms with Crippen molar-refractivity contribution in [1.82, 2.24) is 4.31 Å². The average molecular weight is 443 g/mol. The second kappa shape index (κ2) is 9.40. The van der Waals surface area contributed by atoms with Gasteiger partial charge in [0.1, 0.15) is 5.82 Å². The summed E-state index contributed by atoms with van der Waals surface area (Å²) in [5.74, 6) is -0.617. The van der Waals surface area contributed by atoms with E-state index in [1.807, 2.05) is 43.3 Å². The highest BCUT2D eigenvalue weighted by Gasteiger charge is 2.32. The van der Waals surface area contributed by atoms with E-state index < -0.39 is 21.9 Å². The van der Waals surface area contributed by atoms with Crippen molar-refractivity contribution >= 4 is 21.6 Å².